The predicted molar refractivity (Wildman–Crippen MR) is 60.6 cm³/mol. The predicted octanol–water partition coefficient (Wildman–Crippen LogP) is 1.24. The third-order valence-corrected chi connectivity index (χ3v) is 3.91. The SMILES string of the molecule is CCC1CCN(C(=O)[C@H]2CCNC2)CC1. The molecule has 2 aliphatic heterocycles. The largest absolute Gasteiger partial charge is 0.342 e. The number of nitrogens with one attached hydrogen (secondary N) is 1. The van der Waals surface area contributed by atoms with Gasteiger partial charge < -0.3 is 10.2 Å². The Balaban J connectivity index is 1.81. The lowest BCUT2D eigenvalue weighted by atomic mass is 9.93. The summed E-state index contributed by atoms with van der Waals surface area (Å²) >= 11 is 0. The molecular formula is C12H22N2O. The summed E-state index contributed by atoms with van der Waals surface area (Å²) in [5.74, 6) is 1.52. The van der Waals surface area contributed by atoms with Gasteiger partial charge in [-0.2, -0.15) is 0 Å². The van der Waals surface area contributed by atoms with Gasteiger partial charge in [-0.1, -0.05) is 13.3 Å². The van der Waals surface area contributed by atoms with Gasteiger partial charge >= 0.3 is 0 Å². The van der Waals surface area contributed by atoms with Crippen molar-refractivity contribution in [3.05, 3.63) is 0 Å². The second kappa shape index (κ2) is 4.97. The Kier molecular flexibility index (Phi) is 3.62. The first-order valence-electron chi connectivity index (χ1n) is 6.30. The molecule has 0 unspecified atom stereocenters. The zero-order chi connectivity index (χ0) is 10.7. The van der Waals surface area contributed by atoms with Crippen molar-refractivity contribution in [2.75, 3.05) is 26.2 Å². The van der Waals surface area contributed by atoms with E-state index < -0.39 is 0 Å². The number of piperidine rings is 1. The first kappa shape index (κ1) is 10.9. The third kappa shape index (κ3) is 2.51. The highest BCUT2D eigenvalue weighted by Gasteiger charge is 2.29. The summed E-state index contributed by atoms with van der Waals surface area (Å²) in [5, 5.41) is 3.26. The molecule has 0 aliphatic carbocycles. The molecule has 3 nitrogen and oxygen atoms in total. The van der Waals surface area contributed by atoms with Gasteiger partial charge in [0.25, 0.3) is 0 Å². The highest BCUT2D eigenvalue weighted by Crippen LogP contribution is 2.22. The molecule has 0 bridgehead atoms. The van der Waals surface area contributed by atoms with Crippen molar-refractivity contribution >= 4 is 5.91 Å². The van der Waals surface area contributed by atoms with E-state index in [9.17, 15) is 4.79 Å². The summed E-state index contributed by atoms with van der Waals surface area (Å²) < 4.78 is 0. The van der Waals surface area contributed by atoms with Crippen LogP contribution in [0.2, 0.25) is 0 Å². The van der Waals surface area contributed by atoms with Gasteiger partial charge in [0.1, 0.15) is 0 Å². The fraction of sp³-hybridized carbons (Fsp3) is 0.917. The van der Waals surface area contributed by atoms with Crippen LogP contribution >= 0.6 is 0 Å². The van der Waals surface area contributed by atoms with Gasteiger partial charge in [0.2, 0.25) is 5.91 Å². The fourth-order valence-electron chi connectivity index (χ4n) is 2.69. The molecule has 0 spiro atoms. The Bertz CT molecular complexity index is 216. The van der Waals surface area contributed by atoms with Gasteiger partial charge in [-0.15, -0.1) is 0 Å². The zero-order valence-electron chi connectivity index (χ0n) is 9.67. The van der Waals surface area contributed by atoms with Gasteiger partial charge in [0, 0.05) is 19.6 Å². The van der Waals surface area contributed by atoms with Gasteiger partial charge in [0.15, 0.2) is 0 Å². The van der Waals surface area contributed by atoms with E-state index in [0.717, 1.165) is 38.5 Å². The van der Waals surface area contributed by atoms with Crippen LogP contribution in [-0.4, -0.2) is 37.0 Å². The number of likely N-dealkylation sites (tertiary alicyclic amines) is 1. The molecule has 2 saturated heterocycles. The molecule has 1 N–H and O–H groups in total. The number of rotatable bonds is 2. The molecule has 1 atom stereocenters. The van der Waals surface area contributed by atoms with Crippen molar-refractivity contribution in [1.82, 2.24) is 10.2 Å². The highest BCUT2D eigenvalue weighted by molar-refractivity contribution is 5.79. The molecule has 0 saturated carbocycles. The Morgan fingerprint density at radius 1 is 1.33 bits per heavy atom. The minimum absolute atomic E-state index is 0.267. The lowest BCUT2D eigenvalue weighted by Crippen LogP contribution is -2.42. The Morgan fingerprint density at radius 3 is 2.60 bits per heavy atom. The second-order valence-electron chi connectivity index (χ2n) is 4.87. The summed E-state index contributed by atoms with van der Waals surface area (Å²) in [6, 6.07) is 0. The van der Waals surface area contributed by atoms with Crippen LogP contribution < -0.4 is 5.32 Å². The van der Waals surface area contributed by atoms with Gasteiger partial charge in [-0.3, -0.25) is 4.79 Å². The van der Waals surface area contributed by atoms with Crippen LogP contribution in [0.25, 0.3) is 0 Å². The second-order valence-corrected chi connectivity index (χ2v) is 4.87. The summed E-state index contributed by atoms with van der Waals surface area (Å²) in [6.45, 7) is 6.15. The van der Waals surface area contributed by atoms with Crippen molar-refractivity contribution in [2.24, 2.45) is 11.8 Å². The molecule has 2 heterocycles. The summed E-state index contributed by atoms with van der Waals surface area (Å²) in [5.41, 5.74) is 0. The van der Waals surface area contributed by atoms with E-state index in [1.54, 1.807) is 0 Å². The maximum atomic E-state index is 12.1. The molecule has 2 rings (SSSR count). The van der Waals surface area contributed by atoms with E-state index in [4.69, 9.17) is 0 Å². The molecule has 1 amide bonds. The number of hydrogen-bond donors (Lipinski definition) is 1. The van der Waals surface area contributed by atoms with Crippen LogP contribution in [0.1, 0.15) is 32.6 Å². The van der Waals surface area contributed by atoms with E-state index in [0.29, 0.717) is 5.91 Å². The Labute approximate surface area is 92.2 Å². The minimum atomic E-state index is 0.267. The van der Waals surface area contributed by atoms with Crippen LogP contribution in [0.15, 0.2) is 0 Å². The molecule has 0 aromatic rings. The smallest absolute Gasteiger partial charge is 0.227 e. The van der Waals surface area contributed by atoms with E-state index in [-0.39, 0.29) is 5.92 Å². The van der Waals surface area contributed by atoms with Crippen LogP contribution in [0.3, 0.4) is 0 Å². The molecule has 0 radical (unpaired) electrons. The van der Waals surface area contributed by atoms with E-state index in [1.807, 2.05) is 0 Å². The van der Waals surface area contributed by atoms with Crippen molar-refractivity contribution in [1.29, 1.82) is 0 Å². The van der Waals surface area contributed by atoms with Crippen molar-refractivity contribution in [3.8, 4) is 0 Å². The average molecular weight is 210 g/mol. The lowest BCUT2D eigenvalue weighted by Gasteiger charge is -2.33. The number of amides is 1. The van der Waals surface area contributed by atoms with Crippen molar-refractivity contribution < 1.29 is 4.79 Å². The molecule has 2 aliphatic rings. The first-order chi connectivity index (χ1) is 7.31. The molecule has 0 aromatic heterocycles. The molecule has 3 heteroatoms. The van der Waals surface area contributed by atoms with Crippen LogP contribution in [0, 0.1) is 11.8 Å². The van der Waals surface area contributed by atoms with Gasteiger partial charge in [-0.25, -0.2) is 0 Å². The van der Waals surface area contributed by atoms with E-state index in [2.05, 4.69) is 17.1 Å². The molecule has 0 aromatic carbocycles. The monoisotopic (exact) mass is 210 g/mol. The van der Waals surface area contributed by atoms with Gasteiger partial charge in [-0.05, 0) is 31.7 Å². The van der Waals surface area contributed by atoms with Crippen LogP contribution in [0.5, 0.6) is 0 Å². The molecular weight excluding hydrogens is 188 g/mol. The van der Waals surface area contributed by atoms with Crippen LogP contribution in [0.4, 0.5) is 0 Å². The van der Waals surface area contributed by atoms with Crippen molar-refractivity contribution in [2.45, 2.75) is 32.6 Å². The molecule has 15 heavy (non-hydrogen) atoms. The number of hydrogen-bond acceptors (Lipinski definition) is 2. The Morgan fingerprint density at radius 2 is 2.07 bits per heavy atom. The number of carbonyl (C=O) groups excluding carboxylic acids is 1. The third-order valence-electron chi connectivity index (χ3n) is 3.91. The van der Waals surface area contributed by atoms with E-state index in [1.165, 1.54) is 19.3 Å². The first-order valence-corrected chi connectivity index (χ1v) is 6.30. The standard InChI is InChI=1S/C12H22N2O/c1-2-10-4-7-14(8-5-10)12(15)11-3-6-13-9-11/h10-11,13H,2-9H2,1H3/t11-/m0/s1. The topological polar surface area (TPSA) is 32.3 Å². The molecule has 2 fully saturated rings. The maximum absolute atomic E-state index is 12.1. The summed E-state index contributed by atoms with van der Waals surface area (Å²) in [7, 11) is 0. The summed E-state index contributed by atoms with van der Waals surface area (Å²) in [6.07, 6.45) is 4.73. The molecule has 86 valence electrons. The fourth-order valence-corrected chi connectivity index (χ4v) is 2.69. The Hall–Kier alpha value is -0.570. The maximum Gasteiger partial charge on any atom is 0.227 e. The average Bonchev–Trinajstić information content (AvgIpc) is 2.82. The number of nitrogens with zero attached hydrogens (tertiary/aromatic N) is 1. The lowest BCUT2D eigenvalue weighted by molar-refractivity contribution is -0.136. The minimum Gasteiger partial charge on any atom is -0.342 e. The number of carbonyl (C=O) groups is 1. The summed E-state index contributed by atoms with van der Waals surface area (Å²) in [4.78, 5) is 14.2. The quantitative estimate of drug-likeness (QED) is 0.744. The van der Waals surface area contributed by atoms with Gasteiger partial charge in [0.05, 0.1) is 5.92 Å². The highest BCUT2D eigenvalue weighted by atomic mass is 16.2. The van der Waals surface area contributed by atoms with Crippen molar-refractivity contribution in [3.63, 3.8) is 0 Å². The van der Waals surface area contributed by atoms with E-state index >= 15 is 0 Å². The van der Waals surface area contributed by atoms with Crippen LogP contribution in [-0.2, 0) is 4.79 Å². The normalized spacial score (nSPS) is 28.3. The zero-order valence-corrected chi connectivity index (χ0v) is 9.67.